The average molecular weight is 293 g/mol. The summed E-state index contributed by atoms with van der Waals surface area (Å²) in [5.74, 6) is 0.687. The van der Waals surface area contributed by atoms with Gasteiger partial charge in [0.1, 0.15) is 5.75 Å². The molecule has 0 radical (unpaired) electrons. The van der Waals surface area contributed by atoms with Crippen LogP contribution in [-0.2, 0) is 9.53 Å². The van der Waals surface area contributed by atoms with Gasteiger partial charge in [-0.3, -0.25) is 9.69 Å². The number of ether oxygens (including phenoxy) is 2. The third-order valence-electron chi connectivity index (χ3n) is 3.47. The first kappa shape index (κ1) is 17.5. The summed E-state index contributed by atoms with van der Waals surface area (Å²) in [7, 11) is 0. The van der Waals surface area contributed by atoms with Gasteiger partial charge in [0.05, 0.1) is 19.6 Å². The van der Waals surface area contributed by atoms with E-state index >= 15 is 0 Å². The van der Waals surface area contributed by atoms with Crippen LogP contribution in [-0.4, -0.2) is 37.2 Å². The number of carbonyl (C=O) groups excluding carboxylic acids is 1. The summed E-state index contributed by atoms with van der Waals surface area (Å²) in [6, 6.07) is 8.01. The van der Waals surface area contributed by atoms with E-state index in [0.29, 0.717) is 19.6 Å². The molecule has 4 nitrogen and oxygen atoms in total. The van der Waals surface area contributed by atoms with Crippen LogP contribution in [0.3, 0.4) is 0 Å². The first-order valence-corrected chi connectivity index (χ1v) is 7.78. The fraction of sp³-hybridized carbons (Fsp3) is 0.588. The summed E-state index contributed by atoms with van der Waals surface area (Å²) in [6.07, 6.45) is 0.366. The van der Waals surface area contributed by atoms with Crippen molar-refractivity contribution in [3.05, 3.63) is 29.8 Å². The van der Waals surface area contributed by atoms with Crippen LogP contribution in [0.25, 0.3) is 0 Å². The normalized spacial score (nSPS) is 12.2. The molecule has 0 aliphatic carbocycles. The van der Waals surface area contributed by atoms with E-state index in [9.17, 15) is 4.79 Å². The number of hydrogen-bond donors (Lipinski definition) is 0. The van der Waals surface area contributed by atoms with E-state index < -0.39 is 0 Å². The number of esters is 1. The van der Waals surface area contributed by atoms with Gasteiger partial charge in [0.2, 0.25) is 0 Å². The Morgan fingerprint density at radius 1 is 1.14 bits per heavy atom. The number of benzene rings is 1. The van der Waals surface area contributed by atoms with Crippen molar-refractivity contribution in [2.24, 2.45) is 0 Å². The Morgan fingerprint density at radius 3 is 2.43 bits per heavy atom. The maximum Gasteiger partial charge on any atom is 0.307 e. The maximum absolute atomic E-state index is 11.9. The lowest BCUT2D eigenvalue weighted by atomic mass is 10.0. The second-order valence-electron chi connectivity index (χ2n) is 4.75. The highest BCUT2D eigenvalue weighted by Crippen LogP contribution is 2.27. The van der Waals surface area contributed by atoms with Crippen molar-refractivity contribution in [3.63, 3.8) is 0 Å². The molecule has 0 aromatic heterocycles. The van der Waals surface area contributed by atoms with Crippen molar-refractivity contribution in [1.29, 1.82) is 0 Å². The van der Waals surface area contributed by atoms with E-state index in [0.717, 1.165) is 24.4 Å². The second kappa shape index (κ2) is 9.40. The summed E-state index contributed by atoms with van der Waals surface area (Å²) < 4.78 is 10.7. The Labute approximate surface area is 128 Å². The molecule has 0 amide bonds. The molecule has 4 heteroatoms. The highest BCUT2D eigenvalue weighted by molar-refractivity contribution is 5.70. The lowest BCUT2D eigenvalue weighted by Gasteiger charge is -2.29. The smallest absolute Gasteiger partial charge is 0.307 e. The summed E-state index contributed by atoms with van der Waals surface area (Å²) in [5.41, 5.74) is 1.10. The van der Waals surface area contributed by atoms with Gasteiger partial charge >= 0.3 is 5.97 Å². The van der Waals surface area contributed by atoms with Crippen molar-refractivity contribution >= 4 is 5.97 Å². The van der Waals surface area contributed by atoms with Crippen LogP contribution in [0, 0.1) is 0 Å². The minimum atomic E-state index is -0.156. The predicted octanol–water partition coefficient (Wildman–Crippen LogP) is 3.42. The Balaban J connectivity index is 2.98. The summed E-state index contributed by atoms with van der Waals surface area (Å²) in [4.78, 5) is 14.2. The Hall–Kier alpha value is -1.55. The van der Waals surface area contributed by atoms with E-state index in [2.05, 4.69) is 18.7 Å². The molecule has 1 rings (SSSR count). The highest BCUT2D eigenvalue weighted by Gasteiger charge is 2.22. The highest BCUT2D eigenvalue weighted by atomic mass is 16.5. The molecular weight excluding hydrogens is 266 g/mol. The summed E-state index contributed by atoms with van der Waals surface area (Å²) in [6.45, 7) is 10.8. The summed E-state index contributed by atoms with van der Waals surface area (Å²) in [5, 5.41) is 0. The molecule has 0 N–H and O–H groups in total. The third-order valence-corrected chi connectivity index (χ3v) is 3.47. The van der Waals surface area contributed by atoms with Gasteiger partial charge in [0.15, 0.2) is 0 Å². The molecule has 0 bridgehead atoms. The fourth-order valence-corrected chi connectivity index (χ4v) is 2.48. The monoisotopic (exact) mass is 293 g/mol. The largest absolute Gasteiger partial charge is 0.494 e. The van der Waals surface area contributed by atoms with Gasteiger partial charge < -0.3 is 9.47 Å². The van der Waals surface area contributed by atoms with Crippen LogP contribution < -0.4 is 4.74 Å². The van der Waals surface area contributed by atoms with E-state index in [1.807, 2.05) is 38.1 Å². The molecule has 1 atom stereocenters. The van der Waals surface area contributed by atoms with Crippen molar-refractivity contribution in [2.75, 3.05) is 26.3 Å². The Bertz CT molecular complexity index is 430. The molecule has 0 fully saturated rings. The van der Waals surface area contributed by atoms with E-state index in [-0.39, 0.29) is 12.0 Å². The number of hydrogen-bond acceptors (Lipinski definition) is 4. The zero-order valence-corrected chi connectivity index (χ0v) is 13.6. The van der Waals surface area contributed by atoms with Crippen LogP contribution in [0.15, 0.2) is 24.3 Å². The fourth-order valence-electron chi connectivity index (χ4n) is 2.48. The average Bonchev–Trinajstić information content (AvgIpc) is 2.48. The molecule has 1 aromatic carbocycles. The SMILES string of the molecule is CCOC(=O)CC(c1cccc(OCC)c1)N(CC)CC. The lowest BCUT2D eigenvalue weighted by molar-refractivity contribution is -0.144. The van der Waals surface area contributed by atoms with Gasteiger partial charge in [0.25, 0.3) is 0 Å². The first-order valence-electron chi connectivity index (χ1n) is 7.78. The van der Waals surface area contributed by atoms with E-state index in [1.54, 1.807) is 0 Å². The molecule has 21 heavy (non-hydrogen) atoms. The van der Waals surface area contributed by atoms with Gasteiger partial charge in [-0.05, 0) is 44.6 Å². The van der Waals surface area contributed by atoms with E-state index in [1.165, 1.54) is 0 Å². The van der Waals surface area contributed by atoms with Crippen LogP contribution in [0.4, 0.5) is 0 Å². The van der Waals surface area contributed by atoms with Crippen molar-refractivity contribution in [1.82, 2.24) is 4.90 Å². The predicted molar refractivity (Wildman–Crippen MR) is 84.5 cm³/mol. The summed E-state index contributed by atoms with van der Waals surface area (Å²) >= 11 is 0. The second-order valence-corrected chi connectivity index (χ2v) is 4.75. The van der Waals surface area contributed by atoms with Crippen LogP contribution in [0.5, 0.6) is 5.75 Å². The first-order chi connectivity index (χ1) is 10.2. The van der Waals surface area contributed by atoms with Crippen molar-refractivity contribution < 1.29 is 14.3 Å². The number of carbonyl (C=O) groups is 1. The quantitative estimate of drug-likeness (QED) is 0.654. The zero-order valence-electron chi connectivity index (χ0n) is 13.6. The van der Waals surface area contributed by atoms with Gasteiger partial charge in [-0.2, -0.15) is 0 Å². The van der Waals surface area contributed by atoms with Gasteiger partial charge in [0, 0.05) is 6.04 Å². The molecule has 0 saturated heterocycles. The number of rotatable bonds is 9. The van der Waals surface area contributed by atoms with Crippen LogP contribution in [0.1, 0.15) is 45.7 Å². The minimum absolute atomic E-state index is 0.0273. The van der Waals surface area contributed by atoms with Gasteiger partial charge in [-0.1, -0.05) is 26.0 Å². The Morgan fingerprint density at radius 2 is 1.86 bits per heavy atom. The molecule has 1 aromatic rings. The van der Waals surface area contributed by atoms with Gasteiger partial charge in [-0.25, -0.2) is 0 Å². The van der Waals surface area contributed by atoms with Crippen molar-refractivity contribution in [3.8, 4) is 5.75 Å². The van der Waals surface area contributed by atoms with Crippen LogP contribution >= 0.6 is 0 Å². The minimum Gasteiger partial charge on any atom is -0.494 e. The van der Waals surface area contributed by atoms with Crippen LogP contribution in [0.2, 0.25) is 0 Å². The molecule has 0 aliphatic rings. The lowest BCUT2D eigenvalue weighted by Crippen LogP contribution is -2.30. The molecule has 0 spiro atoms. The standard InChI is InChI=1S/C17H27NO3/c1-5-18(6-2)16(13-17(19)21-8-4)14-10-9-11-15(12-14)20-7-3/h9-12,16H,5-8,13H2,1-4H3. The molecule has 0 saturated carbocycles. The van der Waals surface area contributed by atoms with Crippen molar-refractivity contribution in [2.45, 2.75) is 40.2 Å². The van der Waals surface area contributed by atoms with E-state index in [4.69, 9.17) is 9.47 Å². The molecule has 1 unspecified atom stereocenters. The van der Waals surface area contributed by atoms with Gasteiger partial charge in [-0.15, -0.1) is 0 Å². The Kier molecular flexibility index (Phi) is 7.83. The third kappa shape index (κ3) is 5.38. The maximum atomic E-state index is 11.9. The molecule has 0 heterocycles. The molecule has 118 valence electrons. The topological polar surface area (TPSA) is 38.8 Å². The zero-order chi connectivity index (χ0) is 15.7. The molecular formula is C17H27NO3. The number of nitrogens with zero attached hydrogens (tertiary/aromatic N) is 1. The molecule has 0 aliphatic heterocycles.